The Morgan fingerprint density at radius 3 is 2.24 bits per heavy atom. The van der Waals surface area contributed by atoms with E-state index in [1.54, 1.807) is 0 Å². The summed E-state index contributed by atoms with van der Waals surface area (Å²) in [5.74, 6) is 0.324. The van der Waals surface area contributed by atoms with E-state index < -0.39 is 5.41 Å². The monoisotopic (exact) mass is 255 g/mol. The van der Waals surface area contributed by atoms with Crippen molar-refractivity contribution in [1.29, 1.82) is 0 Å². The summed E-state index contributed by atoms with van der Waals surface area (Å²) < 4.78 is 0. The van der Waals surface area contributed by atoms with Crippen LogP contribution in [-0.2, 0) is 4.79 Å². The van der Waals surface area contributed by atoms with Crippen LogP contribution in [0.5, 0.6) is 0 Å². The number of nitrogens with one attached hydrogen (secondary N) is 1. The number of nitrogens with zero attached hydrogens (tertiary/aromatic N) is 1. The van der Waals surface area contributed by atoms with Gasteiger partial charge >= 0.3 is 0 Å². The third-order valence-corrected chi connectivity index (χ3v) is 3.47. The molecule has 1 aliphatic heterocycles. The largest absolute Gasteiger partial charge is 0.386 e. The second-order valence-electron chi connectivity index (χ2n) is 4.55. The van der Waals surface area contributed by atoms with Crippen LogP contribution in [0.15, 0.2) is 4.99 Å². The van der Waals surface area contributed by atoms with E-state index in [9.17, 15) is 4.79 Å². The maximum atomic E-state index is 12.2. The predicted octanol–water partition coefficient (Wildman–Crippen LogP) is 2.13. The Labute approximate surface area is 108 Å². The molecule has 17 heavy (non-hydrogen) atoms. The van der Waals surface area contributed by atoms with Gasteiger partial charge in [0.15, 0.2) is 0 Å². The standard InChI is InChI=1S/C12H21N3OS/c1-3-5-7-12(8-6-4-2)9(13)14-11(17)15-10(12)16/h3-8H2,1-2H3,(H3,13,14,15,16,17). The lowest BCUT2D eigenvalue weighted by Gasteiger charge is -2.34. The van der Waals surface area contributed by atoms with Crippen molar-refractivity contribution in [1.82, 2.24) is 5.32 Å². The van der Waals surface area contributed by atoms with Crippen LogP contribution in [0.2, 0.25) is 0 Å². The van der Waals surface area contributed by atoms with Crippen LogP contribution in [0, 0.1) is 5.41 Å². The summed E-state index contributed by atoms with van der Waals surface area (Å²) >= 11 is 4.89. The average Bonchev–Trinajstić information content (AvgIpc) is 2.27. The Hall–Kier alpha value is -0.970. The Morgan fingerprint density at radius 1 is 1.29 bits per heavy atom. The molecule has 0 spiro atoms. The smallest absolute Gasteiger partial charge is 0.239 e. The minimum Gasteiger partial charge on any atom is -0.386 e. The lowest BCUT2D eigenvalue weighted by molar-refractivity contribution is -0.127. The molecule has 96 valence electrons. The lowest BCUT2D eigenvalue weighted by atomic mass is 9.75. The molecule has 1 aliphatic rings. The molecule has 0 aromatic heterocycles. The summed E-state index contributed by atoms with van der Waals surface area (Å²) in [5.41, 5.74) is 5.35. The molecule has 0 radical (unpaired) electrons. The van der Waals surface area contributed by atoms with E-state index >= 15 is 0 Å². The second kappa shape index (κ2) is 6.10. The van der Waals surface area contributed by atoms with Crippen LogP contribution in [-0.4, -0.2) is 16.9 Å². The number of hydrogen-bond donors (Lipinski definition) is 2. The molecule has 0 atom stereocenters. The van der Waals surface area contributed by atoms with Gasteiger partial charge in [0.25, 0.3) is 0 Å². The van der Waals surface area contributed by atoms with Gasteiger partial charge in [0.2, 0.25) is 11.0 Å². The summed E-state index contributed by atoms with van der Waals surface area (Å²) in [4.78, 5) is 16.3. The molecule has 0 aliphatic carbocycles. The zero-order valence-corrected chi connectivity index (χ0v) is 11.4. The molecule has 1 amide bonds. The van der Waals surface area contributed by atoms with Gasteiger partial charge in [-0.05, 0) is 25.1 Å². The van der Waals surface area contributed by atoms with Gasteiger partial charge in [-0.25, -0.2) is 4.99 Å². The van der Waals surface area contributed by atoms with Crippen molar-refractivity contribution in [2.24, 2.45) is 16.1 Å². The summed E-state index contributed by atoms with van der Waals surface area (Å²) in [6.45, 7) is 4.21. The number of unbranched alkanes of at least 4 members (excludes halogenated alkanes) is 2. The first-order valence-electron chi connectivity index (χ1n) is 6.27. The molecule has 0 saturated heterocycles. The van der Waals surface area contributed by atoms with Crippen LogP contribution in [0.4, 0.5) is 0 Å². The highest BCUT2D eigenvalue weighted by Gasteiger charge is 2.44. The highest BCUT2D eigenvalue weighted by atomic mass is 32.1. The lowest BCUT2D eigenvalue weighted by Crippen LogP contribution is -2.55. The van der Waals surface area contributed by atoms with Crippen molar-refractivity contribution in [2.45, 2.75) is 52.4 Å². The quantitative estimate of drug-likeness (QED) is 0.714. The van der Waals surface area contributed by atoms with Gasteiger partial charge < -0.3 is 11.1 Å². The summed E-state index contributed by atoms with van der Waals surface area (Å²) in [7, 11) is 0. The Kier molecular flexibility index (Phi) is 5.05. The zero-order chi connectivity index (χ0) is 12.9. The number of carbonyl (C=O) groups excluding carboxylic acids is 1. The van der Waals surface area contributed by atoms with E-state index in [1.807, 2.05) is 0 Å². The molecule has 4 nitrogen and oxygen atoms in total. The fraction of sp³-hybridized carbons (Fsp3) is 0.750. The average molecular weight is 255 g/mol. The molecule has 0 aromatic rings. The molecular formula is C12H21N3OS. The Balaban J connectivity index is 2.97. The third kappa shape index (κ3) is 3.03. The molecular weight excluding hydrogens is 234 g/mol. The number of thiocarbonyl (C=S) groups is 1. The number of carbonyl (C=O) groups is 1. The van der Waals surface area contributed by atoms with Crippen LogP contribution in [0.1, 0.15) is 52.4 Å². The first-order valence-corrected chi connectivity index (χ1v) is 6.67. The van der Waals surface area contributed by atoms with Crippen LogP contribution >= 0.6 is 12.2 Å². The highest BCUT2D eigenvalue weighted by molar-refractivity contribution is 7.80. The number of amides is 1. The van der Waals surface area contributed by atoms with Gasteiger partial charge in [0.1, 0.15) is 11.3 Å². The summed E-state index contributed by atoms with van der Waals surface area (Å²) in [5, 5.41) is 2.83. The zero-order valence-electron chi connectivity index (χ0n) is 10.6. The highest BCUT2D eigenvalue weighted by Crippen LogP contribution is 2.33. The molecule has 0 bridgehead atoms. The van der Waals surface area contributed by atoms with E-state index in [4.69, 9.17) is 18.0 Å². The molecule has 0 fully saturated rings. The fourth-order valence-electron chi connectivity index (χ4n) is 2.14. The Bertz CT molecular complexity index is 331. The van der Waals surface area contributed by atoms with Crippen LogP contribution in [0.25, 0.3) is 0 Å². The van der Waals surface area contributed by atoms with Crippen molar-refractivity contribution >= 4 is 29.1 Å². The van der Waals surface area contributed by atoms with Gasteiger partial charge in [-0.1, -0.05) is 39.5 Å². The molecule has 1 rings (SSSR count). The van der Waals surface area contributed by atoms with Crippen molar-refractivity contribution in [3.63, 3.8) is 0 Å². The van der Waals surface area contributed by atoms with E-state index in [-0.39, 0.29) is 11.0 Å². The minimum absolute atomic E-state index is 0.0723. The maximum Gasteiger partial charge on any atom is 0.239 e. The third-order valence-electron chi connectivity index (χ3n) is 3.28. The summed E-state index contributed by atoms with van der Waals surface area (Å²) in [6, 6.07) is 0. The number of aliphatic imine (C=N–C) groups is 1. The van der Waals surface area contributed by atoms with Crippen molar-refractivity contribution in [3.05, 3.63) is 0 Å². The van der Waals surface area contributed by atoms with Crippen LogP contribution < -0.4 is 11.1 Å². The Morgan fingerprint density at radius 2 is 1.82 bits per heavy atom. The van der Waals surface area contributed by atoms with Gasteiger partial charge in [0, 0.05) is 0 Å². The first kappa shape index (κ1) is 14.1. The molecule has 0 saturated carbocycles. The van der Waals surface area contributed by atoms with Gasteiger partial charge in [-0.2, -0.15) is 0 Å². The predicted molar refractivity (Wildman–Crippen MR) is 73.8 cm³/mol. The molecule has 0 aromatic carbocycles. The van der Waals surface area contributed by atoms with Gasteiger partial charge in [-0.15, -0.1) is 0 Å². The van der Waals surface area contributed by atoms with E-state index in [0.717, 1.165) is 38.5 Å². The SMILES string of the molecule is CCCCC1(CCCC)C(=O)NC(=S)N=C1N. The normalized spacial score (nSPS) is 18.8. The topological polar surface area (TPSA) is 67.5 Å². The minimum atomic E-state index is -0.631. The van der Waals surface area contributed by atoms with E-state index in [0.29, 0.717) is 5.84 Å². The van der Waals surface area contributed by atoms with Crippen LogP contribution in [0.3, 0.4) is 0 Å². The number of nitrogens with two attached hydrogens (primary N) is 1. The van der Waals surface area contributed by atoms with E-state index in [2.05, 4.69) is 24.2 Å². The van der Waals surface area contributed by atoms with Crippen molar-refractivity contribution in [2.75, 3.05) is 0 Å². The van der Waals surface area contributed by atoms with Crippen molar-refractivity contribution in [3.8, 4) is 0 Å². The molecule has 0 unspecified atom stereocenters. The van der Waals surface area contributed by atoms with Crippen molar-refractivity contribution < 1.29 is 4.79 Å². The molecule has 5 heteroatoms. The molecule has 1 heterocycles. The maximum absolute atomic E-state index is 12.2. The first-order chi connectivity index (χ1) is 8.06. The second-order valence-corrected chi connectivity index (χ2v) is 4.93. The number of amidine groups is 1. The fourth-order valence-corrected chi connectivity index (χ4v) is 2.33. The van der Waals surface area contributed by atoms with Gasteiger partial charge in [-0.3, -0.25) is 4.79 Å². The number of hydrogen-bond acceptors (Lipinski definition) is 3. The number of rotatable bonds is 6. The summed E-state index contributed by atoms with van der Waals surface area (Å²) in [6.07, 6.45) is 5.54. The van der Waals surface area contributed by atoms with E-state index in [1.165, 1.54) is 0 Å². The van der Waals surface area contributed by atoms with Gasteiger partial charge in [0.05, 0.1) is 0 Å². The molecule has 3 N–H and O–H groups in total.